The second-order valence-electron chi connectivity index (χ2n) is 4.71. The van der Waals surface area contributed by atoms with E-state index in [-0.39, 0.29) is 22.7 Å². The van der Waals surface area contributed by atoms with Gasteiger partial charge in [0.1, 0.15) is 0 Å². The maximum Gasteiger partial charge on any atom is 0.272 e. The van der Waals surface area contributed by atoms with Crippen LogP contribution in [0.2, 0.25) is 0 Å². The minimum atomic E-state index is -0.526. The number of phenolic OH excluding ortho intramolecular Hbond substituents is 2. The number of benzene rings is 2. The molecule has 0 saturated carbocycles. The summed E-state index contributed by atoms with van der Waals surface area (Å²) < 4.78 is 0. The monoisotopic (exact) mass is 315 g/mol. The van der Waals surface area contributed by atoms with Crippen molar-refractivity contribution in [1.29, 1.82) is 0 Å². The van der Waals surface area contributed by atoms with Crippen molar-refractivity contribution in [2.24, 2.45) is 5.10 Å². The highest BCUT2D eigenvalue weighted by atomic mass is 16.6. The molecule has 3 N–H and O–H groups in total. The highest BCUT2D eigenvalue weighted by Crippen LogP contribution is 2.24. The summed E-state index contributed by atoms with van der Waals surface area (Å²) in [4.78, 5) is 22.1. The third-order valence-electron chi connectivity index (χ3n) is 3.03. The molecule has 2 aromatic carbocycles. The number of nitro groups is 1. The first-order valence-corrected chi connectivity index (χ1v) is 6.49. The third kappa shape index (κ3) is 3.82. The topological polar surface area (TPSA) is 125 Å². The van der Waals surface area contributed by atoms with Gasteiger partial charge in [-0.25, -0.2) is 5.43 Å². The van der Waals surface area contributed by atoms with Gasteiger partial charge in [0.05, 0.1) is 11.1 Å². The largest absolute Gasteiger partial charge is 0.504 e. The van der Waals surface area contributed by atoms with Crippen LogP contribution in [-0.4, -0.2) is 27.3 Å². The van der Waals surface area contributed by atoms with Crippen LogP contribution in [0.5, 0.6) is 11.5 Å². The molecular formula is C15H13N3O5. The minimum absolute atomic E-state index is 0.0652. The molecule has 0 aromatic heterocycles. The van der Waals surface area contributed by atoms with E-state index in [9.17, 15) is 25.1 Å². The molecule has 0 aliphatic heterocycles. The number of nitrogens with zero attached hydrogens (tertiary/aromatic N) is 2. The van der Waals surface area contributed by atoms with Crippen molar-refractivity contribution >= 4 is 17.8 Å². The number of rotatable bonds is 4. The zero-order valence-corrected chi connectivity index (χ0v) is 12.1. The van der Waals surface area contributed by atoms with E-state index in [0.717, 1.165) is 0 Å². The van der Waals surface area contributed by atoms with Gasteiger partial charge in [0.25, 0.3) is 11.6 Å². The lowest BCUT2D eigenvalue weighted by Gasteiger charge is -2.02. The Hall–Kier alpha value is -3.42. The van der Waals surface area contributed by atoms with E-state index in [2.05, 4.69) is 10.5 Å². The van der Waals surface area contributed by atoms with Gasteiger partial charge in [-0.05, 0) is 42.8 Å². The summed E-state index contributed by atoms with van der Waals surface area (Å²) in [5.74, 6) is -1.08. The van der Waals surface area contributed by atoms with Gasteiger partial charge >= 0.3 is 0 Å². The number of aryl methyl sites for hydroxylation is 1. The molecule has 118 valence electrons. The van der Waals surface area contributed by atoms with Crippen LogP contribution in [0.1, 0.15) is 21.5 Å². The highest BCUT2D eigenvalue weighted by Gasteiger charge is 2.13. The SMILES string of the molecule is Cc1cc(C(=O)N/N=C/c2ccc(O)c(O)c2)ccc1[N+](=O)[O-]. The van der Waals surface area contributed by atoms with E-state index in [4.69, 9.17) is 0 Å². The number of amides is 1. The summed E-state index contributed by atoms with van der Waals surface area (Å²) in [6.07, 6.45) is 1.29. The van der Waals surface area contributed by atoms with Gasteiger partial charge in [-0.1, -0.05) is 0 Å². The predicted octanol–water partition coefficient (Wildman–Crippen LogP) is 2.08. The van der Waals surface area contributed by atoms with Crippen LogP contribution in [0, 0.1) is 17.0 Å². The van der Waals surface area contributed by atoms with Crippen LogP contribution in [0.25, 0.3) is 0 Å². The molecule has 0 heterocycles. The first kappa shape index (κ1) is 16.0. The maximum atomic E-state index is 11.9. The van der Waals surface area contributed by atoms with Gasteiger partial charge in [-0.15, -0.1) is 0 Å². The van der Waals surface area contributed by atoms with E-state index in [0.29, 0.717) is 11.1 Å². The van der Waals surface area contributed by atoms with Crippen molar-refractivity contribution in [2.75, 3.05) is 0 Å². The second-order valence-corrected chi connectivity index (χ2v) is 4.71. The standard InChI is InChI=1S/C15H13N3O5/c1-9-6-11(3-4-12(9)18(22)23)15(21)17-16-8-10-2-5-13(19)14(20)7-10/h2-8,19-20H,1H3,(H,17,21)/b16-8+. The quantitative estimate of drug-likeness (QED) is 0.345. The molecule has 0 saturated heterocycles. The Morgan fingerprint density at radius 1 is 1.22 bits per heavy atom. The number of phenols is 2. The number of carbonyl (C=O) groups excluding carboxylic acids is 1. The molecule has 0 unspecified atom stereocenters. The average Bonchev–Trinajstić information content (AvgIpc) is 2.50. The number of aromatic hydroxyl groups is 2. The number of hydrogen-bond acceptors (Lipinski definition) is 6. The first-order valence-electron chi connectivity index (χ1n) is 6.49. The fourth-order valence-electron chi connectivity index (χ4n) is 1.85. The van der Waals surface area contributed by atoms with Gasteiger partial charge in [-0.2, -0.15) is 5.10 Å². The highest BCUT2D eigenvalue weighted by molar-refractivity contribution is 5.95. The van der Waals surface area contributed by atoms with Crippen LogP contribution in [0.3, 0.4) is 0 Å². The van der Waals surface area contributed by atoms with Crippen molar-refractivity contribution in [3.63, 3.8) is 0 Å². The number of hydrazone groups is 1. The Bertz CT molecular complexity index is 802. The molecule has 0 aliphatic rings. The molecule has 0 spiro atoms. The molecule has 0 atom stereocenters. The number of carbonyl (C=O) groups is 1. The Balaban J connectivity index is 2.07. The van der Waals surface area contributed by atoms with Gasteiger partial charge in [-0.3, -0.25) is 14.9 Å². The zero-order valence-electron chi connectivity index (χ0n) is 12.1. The van der Waals surface area contributed by atoms with Gasteiger partial charge in [0.15, 0.2) is 11.5 Å². The van der Waals surface area contributed by atoms with Gasteiger partial charge < -0.3 is 10.2 Å². The molecule has 0 fully saturated rings. The molecule has 1 amide bonds. The number of nitrogens with one attached hydrogen (secondary N) is 1. The fraction of sp³-hybridized carbons (Fsp3) is 0.0667. The molecular weight excluding hydrogens is 302 g/mol. The summed E-state index contributed by atoms with van der Waals surface area (Å²) in [6, 6.07) is 8.06. The lowest BCUT2D eigenvalue weighted by atomic mass is 10.1. The summed E-state index contributed by atoms with van der Waals surface area (Å²) in [5, 5.41) is 33.0. The third-order valence-corrected chi connectivity index (χ3v) is 3.03. The first-order chi connectivity index (χ1) is 10.9. The molecule has 0 aliphatic carbocycles. The second kappa shape index (κ2) is 6.56. The van der Waals surface area contributed by atoms with E-state index < -0.39 is 10.8 Å². The molecule has 0 bridgehead atoms. The van der Waals surface area contributed by atoms with Crippen LogP contribution in [0.4, 0.5) is 5.69 Å². The molecule has 8 nitrogen and oxygen atoms in total. The number of hydrogen-bond donors (Lipinski definition) is 3. The normalized spacial score (nSPS) is 10.7. The minimum Gasteiger partial charge on any atom is -0.504 e. The molecule has 23 heavy (non-hydrogen) atoms. The molecule has 2 rings (SSSR count). The van der Waals surface area contributed by atoms with Crippen molar-refractivity contribution in [1.82, 2.24) is 5.43 Å². The van der Waals surface area contributed by atoms with E-state index in [1.165, 1.54) is 49.5 Å². The van der Waals surface area contributed by atoms with E-state index in [1.807, 2.05) is 0 Å². The van der Waals surface area contributed by atoms with E-state index in [1.54, 1.807) is 0 Å². The van der Waals surface area contributed by atoms with Crippen molar-refractivity contribution in [3.05, 3.63) is 63.2 Å². The van der Waals surface area contributed by atoms with Crippen LogP contribution in [-0.2, 0) is 0 Å². The molecule has 2 aromatic rings. The van der Waals surface area contributed by atoms with Crippen molar-refractivity contribution in [3.8, 4) is 11.5 Å². The summed E-state index contributed by atoms with van der Waals surface area (Å²) >= 11 is 0. The Morgan fingerprint density at radius 3 is 2.57 bits per heavy atom. The van der Waals surface area contributed by atoms with Gasteiger partial charge in [0.2, 0.25) is 0 Å². The predicted molar refractivity (Wildman–Crippen MR) is 82.7 cm³/mol. The summed E-state index contributed by atoms with van der Waals surface area (Å²) in [7, 11) is 0. The summed E-state index contributed by atoms with van der Waals surface area (Å²) in [5.41, 5.74) is 3.29. The van der Waals surface area contributed by atoms with Gasteiger partial charge in [0, 0.05) is 17.2 Å². The Morgan fingerprint density at radius 2 is 1.96 bits per heavy atom. The Labute approximate surface area is 130 Å². The smallest absolute Gasteiger partial charge is 0.272 e. The van der Waals surface area contributed by atoms with Crippen LogP contribution >= 0.6 is 0 Å². The lowest BCUT2D eigenvalue weighted by Crippen LogP contribution is -2.17. The summed E-state index contributed by atoms with van der Waals surface area (Å²) in [6.45, 7) is 1.54. The zero-order chi connectivity index (χ0) is 17.0. The Kier molecular flexibility index (Phi) is 4.55. The van der Waals surface area contributed by atoms with Crippen molar-refractivity contribution < 1.29 is 19.9 Å². The van der Waals surface area contributed by atoms with Crippen LogP contribution in [0.15, 0.2) is 41.5 Å². The lowest BCUT2D eigenvalue weighted by molar-refractivity contribution is -0.385. The average molecular weight is 315 g/mol. The van der Waals surface area contributed by atoms with Crippen LogP contribution < -0.4 is 5.43 Å². The molecule has 0 radical (unpaired) electrons. The number of nitro benzene ring substituents is 1. The maximum absolute atomic E-state index is 11.9. The molecule has 8 heteroatoms. The van der Waals surface area contributed by atoms with Crippen molar-refractivity contribution in [2.45, 2.75) is 6.92 Å². The fourth-order valence-corrected chi connectivity index (χ4v) is 1.85. The van der Waals surface area contributed by atoms with E-state index >= 15 is 0 Å².